The minimum Gasteiger partial charge on any atom is -0.506 e. The van der Waals surface area contributed by atoms with E-state index in [0.29, 0.717) is 10.9 Å². The van der Waals surface area contributed by atoms with E-state index in [4.69, 9.17) is 0 Å². The molecule has 0 saturated carbocycles. The van der Waals surface area contributed by atoms with Gasteiger partial charge in [-0.25, -0.2) is 0 Å². The van der Waals surface area contributed by atoms with E-state index >= 15 is 0 Å². The Labute approximate surface area is 335 Å². The van der Waals surface area contributed by atoms with Crippen LogP contribution in [0.15, 0.2) is 110 Å². The number of hydrazone groups is 1. The smallest absolute Gasteiger partial charge is 0.295 e. The number of carbonyl (C=O) groups is 3. The molecule has 0 saturated heterocycles. The third kappa shape index (κ3) is 8.71. The normalized spacial score (nSPS) is 13.9. The first kappa shape index (κ1) is 40.6. The zero-order chi connectivity index (χ0) is 38.9. The van der Waals surface area contributed by atoms with Gasteiger partial charge in [0.15, 0.2) is 11.6 Å². The number of benzene rings is 3. The summed E-state index contributed by atoms with van der Waals surface area (Å²) in [5, 5.41) is 22.8. The molecular weight excluding hydrogens is 764 g/mol. The van der Waals surface area contributed by atoms with Gasteiger partial charge in [-0.15, -0.1) is 5.11 Å². The first-order valence-corrected chi connectivity index (χ1v) is 18.4. The van der Waals surface area contributed by atoms with Gasteiger partial charge in [0, 0.05) is 64.5 Å². The number of fused-ring (bicyclic) bond motifs is 2. The number of aromatic hydroxyl groups is 1. The summed E-state index contributed by atoms with van der Waals surface area (Å²) in [6.07, 6.45) is 6.44. The second-order valence-corrected chi connectivity index (χ2v) is 14.4. The van der Waals surface area contributed by atoms with Crippen LogP contribution in [0.1, 0.15) is 51.4 Å². The number of pyridine rings is 2. The fraction of sp³-hybridized carbons (Fsp3) is 0.0556. The van der Waals surface area contributed by atoms with Crippen LogP contribution in [0.25, 0.3) is 28.6 Å². The Morgan fingerprint density at radius 1 is 0.800 bits per heavy atom. The number of anilines is 1. The number of nitrogens with zero attached hydrogens (tertiary/aromatic N) is 5. The molecule has 3 aromatic carbocycles. The molecular formula is C36H26N6NaO10S2. The number of phenolic OH excluding ortho intramolecular Hbond substituents is 1. The van der Waals surface area contributed by atoms with Crippen molar-refractivity contribution in [3.63, 3.8) is 0 Å². The number of nitrogens with one attached hydrogen (secondary N) is 1. The largest absolute Gasteiger partial charge is 0.506 e. The second kappa shape index (κ2) is 16.0. The first-order chi connectivity index (χ1) is 25.5. The van der Waals surface area contributed by atoms with E-state index in [9.17, 15) is 45.4 Å². The number of aromatic nitrogens is 2. The molecule has 2 aromatic heterocycles. The minimum atomic E-state index is -4.90. The molecule has 0 amide bonds. The van der Waals surface area contributed by atoms with Gasteiger partial charge in [-0.3, -0.25) is 38.9 Å². The van der Waals surface area contributed by atoms with E-state index < -0.39 is 41.6 Å². The molecule has 5 aromatic rings. The molecule has 1 aliphatic carbocycles. The molecule has 19 heteroatoms. The van der Waals surface area contributed by atoms with E-state index in [1.807, 2.05) is 0 Å². The molecule has 2 heterocycles. The molecule has 4 N–H and O–H groups in total. The molecule has 0 bridgehead atoms. The Morgan fingerprint density at radius 3 is 2.09 bits per heavy atom. The molecule has 0 aliphatic heterocycles. The number of rotatable bonds is 10. The number of carbonyl (C=O) groups excluding carboxylic acids is 3. The van der Waals surface area contributed by atoms with Gasteiger partial charge in [-0.2, -0.15) is 27.1 Å². The summed E-state index contributed by atoms with van der Waals surface area (Å²) < 4.78 is 69.7. The predicted molar refractivity (Wildman–Crippen MR) is 203 cm³/mol. The molecule has 16 nitrogen and oxygen atoms in total. The van der Waals surface area contributed by atoms with Crippen molar-refractivity contribution in [2.24, 2.45) is 15.3 Å². The summed E-state index contributed by atoms with van der Waals surface area (Å²) in [5.41, 5.74) is 2.91. The summed E-state index contributed by atoms with van der Waals surface area (Å²) in [7, 11) is -9.80. The molecule has 1 aliphatic rings. The van der Waals surface area contributed by atoms with Crippen LogP contribution in [0.2, 0.25) is 0 Å². The zero-order valence-electron chi connectivity index (χ0n) is 29.0. The average Bonchev–Trinajstić information content (AvgIpc) is 3.12. The maximum Gasteiger partial charge on any atom is 0.295 e. The molecule has 273 valence electrons. The number of allylic oxidation sites excluding steroid dienone is 2. The van der Waals surface area contributed by atoms with Gasteiger partial charge < -0.3 is 5.11 Å². The third-order valence-corrected chi connectivity index (χ3v) is 9.81. The number of Topliss-reactive ketones (excluding diaryl/α,β-unsaturated/α-hetero) is 3. The van der Waals surface area contributed by atoms with Crippen molar-refractivity contribution < 1.29 is 45.4 Å². The fourth-order valence-corrected chi connectivity index (χ4v) is 6.99. The molecule has 1 radical (unpaired) electrons. The van der Waals surface area contributed by atoms with Gasteiger partial charge in [0.05, 0.1) is 16.9 Å². The van der Waals surface area contributed by atoms with Crippen LogP contribution < -0.4 is 5.43 Å². The molecule has 0 fully saturated rings. The standard InChI is InChI=1S/C36H26N6O10S2.Na/c1-19(43)27-17-29(36(46)35-25(27)5-3-14-38-35)42-40-24-12-10-22(32(16-24)54(50,51)52)8-7-21-9-11-23(15-31(21)53(47,48)49)39-41-28-18-30(45)34-26(6-4-13-37-34)33(28)20(2)44;/h3-18,40,45H,1-2H3,(H,47,48,49)(H,50,51,52);/b8-7+,41-39?,42-29+;. The SMILES string of the molecule is CC(=O)C1=C/C(=N\Nc2ccc(/C=C/c3ccc(N=Nc4cc(O)c5ncccc5c4C(C)=O)cc3S(=O)(=O)O)c(S(=O)(=O)O)c2)C(=O)c2ncccc21.[Na]. The van der Waals surface area contributed by atoms with Gasteiger partial charge in [0.2, 0.25) is 5.78 Å². The van der Waals surface area contributed by atoms with Gasteiger partial charge in [-0.1, -0.05) is 36.4 Å². The topological polar surface area (TPSA) is 255 Å². The van der Waals surface area contributed by atoms with Crippen molar-refractivity contribution in [3.05, 3.63) is 113 Å². The first-order valence-electron chi connectivity index (χ1n) is 15.5. The Kier molecular flexibility index (Phi) is 11.8. The van der Waals surface area contributed by atoms with Gasteiger partial charge in [0.25, 0.3) is 20.2 Å². The van der Waals surface area contributed by atoms with E-state index in [0.717, 1.165) is 12.1 Å². The molecule has 0 unspecified atom stereocenters. The van der Waals surface area contributed by atoms with Crippen molar-refractivity contribution in [2.45, 2.75) is 23.6 Å². The quantitative estimate of drug-likeness (QED) is 0.0323. The molecule has 0 spiro atoms. The van der Waals surface area contributed by atoms with E-state index in [1.54, 1.807) is 24.3 Å². The van der Waals surface area contributed by atoms with Crippen molar-refractivity contribution in [1.82, 2.24) is 9.97 Å². The second-order valence-electron chi connectivity index (χ2n) is 11.7. The summed E-state index contributed by atoms with van der Waals surface area (Å²) in [5.74, 6) is -1.60. The van der Waals surface area contributed by atoms with Crippen LogP contribution in [0.4, 0.5) is 17.1 Å². The van der Waals surface area contributed by atoms with Crippen molar-refractivity contribution in [1.29, 1.82) is 0 Å². The fourth-order valence-electron chi connectivity index (χ4n) is 5.57. The number of azo groups is 1. The van der Waals surface area contributed by atoms with Crippen molar-refractivity contribution >= 4 is 119 Å². The number of hydrogen-bond acceptors (Lipinski definition) is 14. The van der Waals surface area contributed by atoms with E-state index in [2.05, 4.69) is 30.7 Å². The Hall–Kier alpha value is -5.60. The van der Waals surface area contributed by atoms with Gasteiger partial charge in [-0.05, 0) is 67.4 Å². The summed E-state index contributed by atoms with van der Waals surface area (Å²) in [4.78, 5) is 44.6. The van der Waals surface area contributed by atoms with Crippen molar-refractivity contribution in [3.8, 4) is 5.75 Å². The van der Waals surface area contributed by atoms with Crippen molar-refractivity contribution in [2.75, 3.05) is 5.43 Å². The van der Waals surface area contributed by atoms with Crippen LogP contribution in [-0.2, 0) is 25.0 Å². The van der Waals surface area contributed by atoms with Gasteiger partial charge in [0.1, 0.15) is 38.2 Å². The molecule has 55 heavy (non-hydrogen) atoms. The number of phenols is 1. The minimum absolute atomic E-state index is 0. The summed E-state index contributed by atoms with van der Waals surface area (Å²) in [6, 6.07) is 14.7. The monoisotopic (exact) mass is 789 g/mol. The molecule has 6 rings (SSSR count). The Bertz CT molecular complexity index is 2800. The van der Waals surface area contributed by atoms with E-state index in [-0.39, 0.29) is 97.3 Å². The molecule has 0 atom stereocenters. The van der Waals surface area contributed by atoms with E-state index in [1.165, 1.54) is 74.8 Å². The number of ketones is 3. The van der Waals surface area contributed by atoms with Crippen LogP contribution in [0, 0.1) is 0 Å². The maximum absolute atomic E-state index is 13.0. The number of hydrogen-bond donors (Lipinski definition) is 4. The van der Waals surface area contributed by atoms with Gasteiger partial charge >= 0.3 is 0 Å². The zero-order valence-corrected chi connectivity index (χ0v) is 32.6. The summed E-state index contributed by atoms with van der Waals surface area (Å²) in [6.45, 7) is 2.61. The third-order valence-electron chi connectivity index (χ3n) is 7.99. The Balaban J connectivity index is 0.00000580. The average molecular weight is 790 g/mol. The van der Waals surface area contributed by atoms with Crippen LogP contribution >= 0.6 is 0 Å². The maximum atomic E-state index is 13.0. The van der Waals surface area contributed by atoms with Crippen LogP contribution in [-0.4, -0.2) is 93.6 Å². The predicted octanol–water partition coefficient (Wildman–Crippen LogP) is 5.87. The summed E-state index contributed by atoms with van der Waals surface area (Å²) >= 11 is 0. The van der Waals surface area contributed by atoms with Crippen LogP contribution in [0.5, 0.6) is 5.75 Å². The Morgan fingerprint density at radius 2 is 1.44 bits per heavy atom. The van der Waals surface area contributed by atoms with Crippen LogP contribution in [0.3, 0.4) is 0 Å².